The minimum absolute atomic E-state index is 0.0477. The Balaban J connectivity index is 1.73. The van der Waals surface area contributed by atoms with Gasteiger partial charge in [0.1, 0.15) is 0 Å². The van der Waals surface area contributed by atoms with Gasteiger partial charge in [-0.1, -0.05) is 41.3 Å². The zero-order chi connectivity index (χ0) is 14.8. The molecule has 0 spiro atoms. The van der Waals surface area contributed by atoms with Crippen LogP contribution in [0.1, 0.15) is 12.0 Å². The van der Waals surface area contributed by atoms with Crippen molar-refractivity contribution >= 4 is 39.8 Å². The predicted molar refractivity (Wildman–Crippen MR) is 87.3 cm³/mol. The molecule has 21 heavy (non-hydrogen) atoms. The van der Waals surface area contributed by atoms with E-state index < -0.39 is 0 Å². The lowest BCUT2D eigenvalue weighted by molar-refractivity contribution is -0.115. The molecule has 110 valence electrons. The highest BCUT2D eigenvalue weighted by Gasteiger charge is 2.25. The largest absolute Gasteiger partial charge is 0.353 e. The fraction of sp³-hybridized carbons (Fsp3) is 0.357. The summed E-state index contributed by atoms with van der Waals surface area (Å²) in [6.45, 7) is 0. The van der Waals surface area contributed by atoms with E-state index >= 15 is 0 Å². The van der Waals surface area contributed by atoms with E-state index in [-0.39, 0.29) is 11.2 Å². The Morgan fingerprint density at radius 3 is 2.90 bits per heavy atom. The summed E-state index contributed by atoms with van der Waals surface area (Å²) in [7, 11) is 3.87. The molecule has 0 saturated carbocycles. The fourth-order valence-corrected chi connectivity index (χ4v) is 4.16. The van der Waals surface area contributed by atoms with E-state index in [2.05, 4.69) is 21.6 Å². The second-order valence-electron chi connectivity index (χ2n) is 5.04. The van der Waals surface area contributed by atoms with Crippen LogP contribution >= 0.6 is 23.1 Å². The standard InChI is InChI=1S/C14H16N4OS2/c1-18(2)13-16-17-14(21-13)20-11-8-7-9-5-3-4-6-10(9)15-12(11)19/h3-6,11H,7-8H2,1-2H3,(H,15,19). The van der Waals surface area contributed by atoms with Gasteiger partial charge < -0.3 is 10.2 Å². The number of amides is 1. The van der Waals surface area contributed by atoms with Gasteiger partial charge in [0.25, 0.3) is 0 Å². The molecule has 1 aliphatic rings. The lowest BCUT2D eigenvalue weighted by Crippen LogP contribution is -2.23. The van der Waals surface area contributed by atoms with Gasteiger partial charge in [-0.15, -0.1) is 10.2 Å². The monoisotopic (exact) mass is 320 g/mol. The quantitative estimate of drug-likeness (QED) is 0.942. The molecule has 0 bridgehead atoms. The molecule has 1 aliphatic heterocycles. The second-order valence-corrected chi connectivity index (χ2v) is 7.44. The summed E-state index contributed by atoms with van der Waals surface area (Å²) in [5.74, 6) is 0.0477. The van der Waals surface area contributed by atoms with Gasteiger partial charge in [0.2, 0.25) is 11.0 Å². The van der Waals surface area contributed by atoms with E-state index in [4.69, 9.17) is 0 Å². The van der Waals surface area contributed by atoms with Crippen LogP contribution in [0.15, 0.2) is 28.6 Å². The summed E-state index contributed by atoms with van der Waals surface area (Å²) in [6, 6.07) is 7.97. The summed E-state index contributed by atoms with van der Waals surface area (Å²) < 4.78 is 0.838. The summed E-state index contributed by atoms with van der Waals surface area (Å²) in [4.78, 5) is 14.3. The van der Waals surface area contributed by atoms with E-state index in [0.29, 0.717) is 0 Å². The van der Waals surface area contributed by atoms with Gasteiger partial charge >= 0.3 is 0 Å². The number of aromatic nitrogens is 2. The van der Waals surface area contributed by atoms with E-state index in [1.165, 1.54) is 28.7 Å². The summed E-state index contributed by atoms with van der Waals surface area (Å²) in [5, 5.41) is 12.0. The number of para-hydroxylation sites is 1. The van der Waals surface area contributed by atoms with Crippen LogP contribution < -0.4 is 10.2 Å². The van der Waals surface area contributed by atoms with Crippen molar-refractivity contribution in [1.29, 1.82) is 0 Å². The van der Waals surface area contributed by atoms with Gasteiger partial charge in [-0.3, -0.25) is 4.79 Å². The highest BCUT2D eigenvalue weighted by molar-refractivity contribution is 8.02. The van der Waals surface area contributed by atoms with Crippen LogP contribution in [0.25, 0.3) is 0 Å². The smallest absolute Gasteiger partial charge is 0.237 e. The summed E-state index contributed by atoms with van der Waals surface area (Å²) >= 11 is 3.02. The van der Waals surface area contributed by atoms with Crippen molar-refractivity contribution in [3.8, 4) is 0 Å². The number of carbonyl (C=O) groups is 1. The highest BCUT2D eigenvalue weighted by atomic mass is 32.2. The molecule has 0 aliphatic carbocycles. The molecule has 3 rings (SSSR count). The van der Waals surface area contributed by atoms with Gasteiger partial charge in [-0.25, -0.2) is 0 Å². The van der Waals surface area contributed by atoms with Crippen molar-refractivity contribution < 1.29 is 4.79 Å². The number of nitrogens with one attached hydrogen (secondary N) is 1. The van der Waals surface area contributed by atoms with Crippen LogP contribution in [0.3, 0.4) is 0 Å². The lowest BCUT2D eigenvalue weighted by Gasteiger charge is -2.10. The Morgan fingerprint density at radius 2 is 2.14 bits per heavy atom. The number of nitrogens with zero attached hydrogens (tertiary/aromatic N) is 3. The molecule has 2 aromatic rings. The lowest BCUT2D eigenvalue weighted by atomic mass is 10.1. The van der Waals surface area contributed by atoms with E-state index in [9.17, 15) is 4.79 Å². The summed E-state index contributed by atoms with van der Waals surface area (Å²) in [6.07, 6.45) is 1.70. The van der Waals surface area contributed by atoms with Gasteiger partial charge in [0, 0.05) is 19.8 Å². The second kappa shape index (κ2) is 6.03. The van der Waals surface area contributed by atoms with Crippen molar-refractivity contribution in [3.05, 3.63) is 29.8 Å². The van der Waals surface area contributed by atoms with Crippen LogP contribution in [-0.2, 0) is 11.2 Å². The zero-order valence-corrected chi connectivity index (χ0v) is 13.5. The normalized spacial score (nSPS) is 17.8. The topological polar surface area (TPSA) is 58.1 Å². The maximum Gasteiger partial charge on any atom is 0.237 e. The molecule has 1 aromatic heterocycles. The number of anilines is 2. The van der Waals surface area contributed by atoms with Crippen LogP contribution in [-0.4, -0.2) is 35.4 Å². The van der Waals surface area contributed by atoms with Crippen molar-refractivity contribution in [2.24, 2.45) is 0 Å². The molecule has 1 N–H and O–H groups in total. The Hall–Kier alpha value is -1.60. The predicted octanol–water partition coefficient (Wildman–Crippen LogP) is 2.65. The van der Waals surface area contributed by atoms with Crippen molar-refractivity contribution in [1.82, 2.24) is 10.2 Å². The molecule has 1 aromatic carbocycles. The molecule has 0 fully saturated rings. The minimum atomic E-state index is -0.125. The van der Waals surface area contributed by atoms with Crippen molar-refractivity contribution in [3.63, 3.8) is 0 Å². The number of aryl methyl sites for hydroxylation is 1. The Labute approximate surface area is 131 Å². The Bertz CT molecular complexity index is 656. The van der Waals surface area contributed by atoms with E-state index in [1.807, 2.05) is 37.2 Å². The van der Waals surface area contributed by atoms with Gasteiger partial charge in [-0.05, 0) is 24.5 Å². The molecule has 2 heterocycles. The first kappa shape index (κ1) is 14.3. The zero-order valence-electron chi connectivity index (χ0n) is 11.9. The van der Waals surface area contributed by atoms with E-state index in [0.717, 1.165) is 28.0 Å². The number of rotatable bonds is 3. The molecule has 0 radical (unpaired) electrons. The first-order chi connectivity index (χ1) is 10.1. The first-order valence-corrected chi connectivity index (χ1v) is 8.39. The number of benzene rings is 1. The number of hydrogen-bond donors (Lipinski definition) is 1. The third kappa shape index (κ3) is 3.19. The summed E-state index contributed by atoms with van der Waals surface area (Å²) in [5.41, 5.74) is 2.12. The number of fused-ring (bicyclic) bond motifs is 1. The number of carbonyl (C=O) groups excluding carboxylic acids is 1. The number of hydrogen-bond acceptors (Lipinski definition) is 6. The first-order valence-electron chi connectivity index (χ1n) is 6.70. The highest BCUT2D eigenvalue weighted by Crippen LogP contribution is 2.34. The molecule has 7 heteroatoms. The van der Waals surface area contributed by atoms with Gasteiger partial charge in [0.15, 0.2) is 4.34 Å². The Morgan fingerprint density at radius 1 is 1.33 bits per heavy atom. The van der Waals surface area contributed by atoms with Gasteiger partial charge in [0.05, 0.1) is 5.25 Å². The maximum absolute atomic E-state index is 12.3. The molecule has 0 saturated heterocycles. The van der Waals surface area contributed by atoms with Crippen molar-refractivity contribution in [2.45, 2.75) is 22.4 Å². The van der Waals surface area contributed by atoms with Crippen LogP contribution in [0, 0.1) is 0 Å². The third-order valence-electron chi connectivity index (χ3n) is 3.26. The average molecular weight is 320 g/mol. The fourth-order valence-electron chi connectivity index (χ4n) is 2.16. The molecule has 5 nitrogen and oxygen atoms in total. The number of thioether (sulfide) groups is 1. The maximum atomic E-state index is 12.3. The Kier molecular flexibility index (Phi) is 4.12. The molecule has 1 unspecified atom stereocenters. The SMILES string of the molecule is CN(C)c1nnc(SC2CCc3ccccc3NC2=O)s1. The van der Waals surface area contributed by atoms with Crippen LogP contribution in [0.2, 0.25) is 0 Å². The molecular weight excluding hydrogens is 304 g/mol. The van der Waals surface area contributed by atoms with Crippen LogP contribution in [0.4, 0.5) is 10.8 Å². The van der Waals surface area contributed by atoms with Crippen LogP contribution in [0.5, 0.6) is 0 Å². The molecule has 1 atom stereocenters. The molecule has 1 amide bonds. The minimum Gasteiger partial charge on any atom is -0.353 e. The average Bonchev–Trinajstić information content (AvgIpc) is 2.87. The third-order valence-corrected chi connectivity index (χ3v) is 5.71. The van der Waals surface area contributed by atoms with Crippen molar-refractivity contribution in [2.75, 3.05) is 24.3 Å². The molecular formula is C14H16N4OS2. The van der Waals surface area contributed by atoms with E-state index in [1.54, 1.807) is 0 Å². The van der Waals surface area contributed by atoms with Gasteiger partial charge in [-0.2, -0.15) is 0 Å².